The van der Waals surface area contributed by atoms with Gasteiger partial charge in [0.2, 0.25) is 11.8 Å². The van der Waals surface area contributed by atoms with Gasteiger partial charge in [0.05, 0.1) is 88.2 Å². The number of aromatic amines is 2. The van der Waals surface area contributed by atoms with Gasteiger partial charge in [-0.25, -0.2) is 9.97 Å². The fourth-order valence-electron chi connectivity index (χ4n) is 11.6. The fourth-order valence-corrected chi connectivity index (χ4v) is 11.6. The van der Waals surface area contributed by atoms with E-state index in [1.165, 1.54) is 19.6 Å². The largest absolute Gasteiger partial charge is 0.480 e. The number of hydrogen-bond donors (Lipinski definition) is 12. The highest BCUT2D eigenvalue weighted by Crippen LogP contribution is 2.37. The average Bonchev–Trinajstić information content (AvgIpc) is 1.63. The van der Waals surface area contributed by atoms with Gasteiger partial charge in [-0.3, -0.25) is 77.3 Å². The Morgan fingerprint density at radius 1 is 0.362 bits per heavy atom. The number of carbonyl (C=O) groups excluding carboxylic acids is 2. The van der Waals surface area contributed by atoms with E-state index in [2.05, 4.69) is 72.6 Å². The molecule has 0 fully saturated rings. The van der Waals surface area contributed by atoms with E-state index in [4.69, 9.17) is 9.97 Å². The van der Waals surface area contributed by atoms with Gasteiger partial charge < -0.3 is 61.5 Å². The standard InChI is InChI=1S/C64H90N12O18/c1-7-43-39(3)47-25-48-41(5)45(13-9-11-15-65-55(77)29-73(33-59(83)84)21-17-71(31-57(79)80)19-23-75(35-61(87)88)36-62(89)90)53(69-48)28-54-46(42(6)50(70-54)27-52-44(8-2)40(4)49(68-52)26-51(43)67-47)14-10-12-16-66-56(78)30-74(34-60(85)86)22-18-72(32-58(81)82)20-24-76(37-63(91)92)38-64(93)94/h25-28,68-69H,7-24,29-38H2,1-6H3,(H,65,77)(H,66,78)(H,79,80)(H,81,82)(H,83,84)(H,85,86)(H,87,88)(H,89,90)(H,91,92)(H,93,94). The van der Waals surface area contributed by atoms with Crippen molar-refractivity contribution in [3.8, 4) is 0 Å². The van der Waals surface area contributed by atoms with E-state index in [9.17, 15) is 88.8 Å². The second-order valence-electron chi connectivity index (χ2n) is 23.5. The number of nitrogens with zero attached hydrogens (tertiary/aromatic N) is 8. The van der Waals surface area contributed by atoms with Crippen LogP contribution in [0.15, 0.2) is 24.3 Å². The SMILES string of the molecule is CCC1=C(C)c2cc3[nH]c(cc4nc(cc5[nH]c(cc1n2)c(C)c5CC)C(C)=C4CCCCNC(=O)CN(CCN(CCN(CC(=O)O)CC(=O)O)CC(=O)O)CC(=O)O)c(CCCCNC(=O)CN(CCN(CCN(CC(=O)O)CC(=O)O)CC(=O)O)CC(=O)O)c3C. The first-order valence-electron chi connectivity index (χ1n) is 31.3. The van der Waals surface area contributed by atoms with E-state index in [0.717, 1.165) is 112 Å². The fraction of sp³-hybridized carbons (Fsp3) is 0.531. The summed E-state index contributed by atoms with van der Waals surface area (Å²) in [6.45, 7) is 7.54. The Balaban J connectivity index is 1.35. The van der Waals surface area contributed by atoms with Crippen LogP contribution in [0.25, 0.3) is 44.4 Å². The van der Waals surface area contributed by atoms with Gasteiger partial charge >= 0.3 is 47.8 Å². The smallest absolute Gasteiger partial charge is 0.317 e. The predicted molar refractivity (Wildman–Crippen MR) is 348 cm³/mol. The van der Waals surface area contributed by atoms with Crippen LogP contribution in [0, 0.1) is 13.8 Å². The molecule has 0 aromatic carbocycles. The molecule has 30 nitrogen and oxygen atoms in total. The molecule has 30 heteroatoms. The van der Waals surface area contributed by atoms with Crippen molar-refractivity contribution in [1.82, 2.24) is 60.0 Å². The van der Waals surface area contributed by atoms with Gasteiger partial charge in [-0.2, -0.15) is 0 Å². The maximum atomic E-state index is 13.4. The summed E-state index contributed by atoms with van der Waals surface area (Å²) in [6.07, 6.45) is 4.97. The normalized spacial score (nSPS) is 12.5. The number of H-pyrrole nitrogens is 2. The second kappa shape index (κ2) is 37.1. The third kappa shape index (κ3) is 24.5. The van der Waals surface area contributed by atoms with Crippen molar-refractivity contribution in [1.29, 1.82) is 0 Å². The summed E-state index contributed by atoms with van der Waals surface area (Å²) in [5, 5.41) is 81.3. The number of fused-ring (bicyclic) bond motifs is 8. The van der Waals surface area contributed by atoms with Gasteiger partial charge in [0.1, 0.15) is 0 Å². The van der Waals surface area contributed by atoms with Gasteiger partial charge in [-0.1, -0.05) is 13.8 Å². The molecule has 0 aliphatic carbocycles. The number of carboxylic acids is 8. The van der Waals surface area contributed by atoms with E-state index in [1.54, 1.807) is 0 Å². The minimum Gasteiger partial charge on any atom is -0.480 e. The lowest BCUT2D eigenvalue weighted by Crippen LogP contribution is -2.46. The summed E-state index contributed by atoms with van der Waals surface area (Å²) in [4.78, 5) is 145. The van der Waals surface area contributed by atoms with Gasteiger partial charge in [0.25, 0.3) is 0 Å². The number of carboxylic acid groups (broad SMARTS) is 8. The third-order valence-corrected chi connectivity index (χ3v) is 16.4. The zero-order valence-electron chi connectivity index (χ0n) is 54.3. The summed E-state index contributed by atoms with van der Waals surface area (Å²) in [5.41, 5.74) is 15.1. The number of nitrogens with one attached hydrogen (secondary N) is 4. The number of allylic oxidation sites excluding steroid dienone is 4. The highest BCUT2D eigenvalue weighted by atomic mass is 16.4. The molecule has 3 aromatic heterocycles. The third-order valence-electron chi connectivity index (χ3n) is 16.4. The van der Waals surface area contributed by atoms with E-state index in [1.807, 2.05) is 13.8 Å². The number of hydrogen-bond acceptors (Lipinski definition) is 18. The Labute approximate surface area is 543 Å². The number of aliphatic carboxylic acids is 8. The molecule has 0 spiro atoms. The van der Waals surface area contributed by atoms with E-state index < -0.39 is 112 Å². The topological polar surface area (TPSA) is 433 Å². The molecule has 0 radical (unpaired) electrons. The molecule has 0 saturated carbocycles. The van der Waals surface area contributed by atoms with Crippen molar-refractivity contribution < 1.29 is 88.8 Å². The lowest BCUT2D eigenvalue weighted by Gasteiger charge is -2.27. The van der Waals surface area contributed by atoms with Crippen LogP contribution in [0.4, 0.5) is 0 Å². The molecule has 5 rings (SSSR count). The number of amides is 2. The van der Waals surface area contributed by atoms with Crippen molar-refractivity contribution in [2.45, 2.75) is 92.9 Å². The van der Waals surface area contributed by atoms with E-state index in [-0.39, 0.29) is 78.5 Å². The maximum absolute atomic E-state index is 13.4. The lowest BCUT2D eigenvalue weighted by molar-refractivity contribution is -0.144. The number of unbranched alkanes of at least 4 members (excludes halogenated alkanes) is 2. The molecule has 2 amide bonds. The second-order valence-corrected chi connectivity index (χ2v) is 23.5. The zero-order chi connectivity index (χ0) is 69.3. The average molecular weight is 1320 g/mol. The van der Waals surface area contributed by atoms with Gasteiger partial charge in [0.15, 0.2) is 0 Å². The van der Waals surface area contributed by atoms with E-state index >= 15 is 0 Å². The summed E-state index contributed by atoms with van der Waals surface area (Å²) in [5.74, 6) is -10.8. The van der Waals surface area contributed by atoms with Crippen molar-refractivity contribution >= 4 is 104 Å². The molecule has 3 aromatic rings. The first-order valence-corrected chi connectivity index (χ1v) is 31.3. The molecule has 2 aliphatic rings. The van der Waals surface area contributed by atoms with Crippen LogP contribution in [0.1, 0.15) is 111 Å². The van der Waals surface area contributed by atoms with Gasteiger partial charge in [-0.15, -0.1) is 0 Å². The monoisotopic (exact) mass is 1310 g/mol. The number of aromatic nitrogens is 4. The molecule has 94 heavy (non-hydrogen) atoms. The van der Waals surface area contributed by atoms with Crippen LogP contribution in [0.5, 0.6) is 0 Å². The summed E-state index contributed by atoms with van der Waals surface area (Å²) >= 11 is 0. The molecule has 0 saturated heterocycles. The molecular formula is C64H90N12O18. The Bertz CT molecular complexity index is 3470. The minimum absolute atomic E-state index is 0.0175. The van der Waals surface area contributed by atoms with Crippen LogP contribution < -0.4 is 10.6 Å². The molecule has 0 atom stereocenters. The Morgan fingerprint density at radius 3 is 1.04 bits per heavy atom. The molecule has 2 aliphatic heterocycles. The van der Waals surface area contributed by atoms with Crippen LogP contribution in [-0.2, 0) is 60.8 Å². The van der Waals surface area contributed by atoms with Gasteiger partial charge in [0, 0.05) is 87.5 Å². The van der Waals surface area contributed by atoms with Crippen molar-refractivity contribution in [3.63, 3.8) is 0 Å². The molecule has 8 bridgehead atoms. The highest BCUT2D eigenvalue weighted by Gasteiger charge is 2.25. The van der Waals surface area contributed by atoms with E-state index in [0.29, 0.717) is 38.5 Å². The maximum Gasteiger partial charge on any atom is 0.317 e. The van der Waals surface area contributed by atoms with Crippen LogP contribution >= 0.6 is 0 Å². The summed E-state index contributed by atoms with van der Waals surface area (Å²) in [6, 6.07) is 8.30. The van der Waals surface area contributed by atoms with Crippen LogP contribution in [0.3, 0.4) is 0 Å². The number of rotatable bonds is 44. The molecule has 12 N–H and O–H groups in total. The first-order chi connectivity index (χ1) is 44.5. The minimum atomic E-state index is -1.27. The molecular weight excluding hydrogens is 1220 g/mol. The molecule has 5 heterocycles. The van der Waals surface area contributed by atoms with Crippen LogP contribution in [-0.4, -0.2) is 281 Å². The van der Waals surface area contributed by atoms with Crippen molar-refractivity contribution in [2.75, 3.05) is 131 Å². The van der Waals surface area contributed by atoms with Crippen molar-refractivity contribution in [3.05, 3.63) is 69.3 Å². The van der Waals surface area contributed by atoms with Gasteiger partial charge in [-0.05, 0) is 148 Å². The lowest BCUT2D eigenvalue weighted by atomic mass is 9.99. The molecule has 514 valence electrons. The highest BCUT2D eigenvalue weighted by molar-refractivity contribution is 5.95. The Hall–Kier alpha value is -8.94. The predicted octanol–water partition coefficient (Wildman–Crippen LogP) is 2.98. The first kappa shape index (κ1) is 75.8. The summed E-state index contributed by atoms with van der Waals surface area (Å²) < 4.78 is 0. The Morgan fingerprint density at radius 2 is 0.660 bits per heavy atom. The Kier molecular flexibility index (Phi) is 29.9. The van der Waals surface area contributed by atoms with Crippen LogP contribution in [0.2, 0.25) is 0 Å². The molecule has 0 unspecified atom stereocenters. The quantitative estimate of drug-likeness (QED) is 0.0362. The number of aryl methyl sites for hydroxylation is 4. The number of carbonyl (C=O) groups is 10. The summed E-state index contributed by atoms with van der Waals surface area (Å²) in [7, 11) is 0. The van der Waals surface area contributed by atoms with Crippen molar-refractivity contribution in [2.24, 2.45) is 0 Å². The zero-order valence-corrected chi connectivity index (χ0v) is 54.3.